The molecular weight excluding hydrogens is 227 g/mol. The van der Waals surface area contributed by atoms with E-state index >= 15 is 0 Å². The number of rotatable bonds is 3. The fourth-order valence-electron chi connectivity index (χ4n) is 1.41. The van der Waals surface area contributed by atoms with E-state index in [9.17, 15) is 4.57 Å². The maximum absolute atomic E-state index is 11.7. The third-order valence-electron chi connectivity index (χ3n) is 2.03. The van der Waals surface area contributed by atoms with E-state index in [-0.39, 0.29) is 0 Å². The lowest BCUT2D eigenvalue weighted by atomic mass is 10.2. The average Bonchev–Trinajstić information content (AvgIpc) is 2.65. The second kappa shape index (κ2) is 3.93. The number of aromatic nitrogens is 1. The highest BCUT2D eigenvalue weighted by atomic mass is 31.2. The first-order chi connectivity index (χ1) is 7.62. The van der Waals surface area contributed by atoms with Crippen LogP contribution in [0.1, 0.15) is 0 Å². The Bertz CT molecular complexity index is 615. The summed E-state index contributed by atoms with van der Waals surface area (Å²) in [6.45, 7) is 1.28. The van der Waals surface area contributed by atoms with Crippen LogP contribution in [-0.2, 0) is 4.57 Å². The van der Waals surface area contributed by atoms with E-state index in [1.807, 2.05) is 6.07 Å². The molecule has 1 aromatic heterocycles. The van der Waals surface area contributed by atoms with Crippen molar-refractivity contribution in [3.05, 3.63) is 40.9 Å². The molecule has 0 aliphatic rings. The van der Waals surface area contributed by atoms with E-state index in [2.05, 4.69) is 14.8 Å². The largest absolute Gasteiger partial charge is 0.438 e. The van der Waals surface area contributed by atoms with E-state index in [1.54, 1.807) is 24.4 Å². The van der Waals surface area contributed by atoms with Gasteiger partial charge in [-0.05, 0) is 23.7 Å². The summed E-state index contributed by atoms with van der Waals surface area (Å²) in [6.07, 6.45) is 1.76. The van der Waals surface area contributed by atoms with Crippen molar-refractivity contribution in [2.75, 3.05) is 6.66 Å². The van der Waals surface area contributed by atoms with Gasteiger partial charge in [-0.15, -0.1) is 0 Å². The molecule has 0 amide bonds. The van der Waals surface area contributed by atoms with Gasteiger partial charge in [-0.3, -0.25) is 4.57 Å². The van der Waals surface area contributed by atoms with Crippen molar-refractivity contribution in [2.24, 2.45) is 4.88 Å². The highest BCUT2D eigenvalue weighted by Crippen LogP contribution is 2.46. The van der Waals surface area contributed by atoms with Crippen molar-refractivity contribution >= 4 is 18.4 Å². The van der Waals surface area contributed by atoms with Crippen LogP contribution in [0.4, 0.5) is 0 Å². The van der Waals surface area contributed by atoms with Gasteiger partial charge in [-0.2, -0.15) is 0 Å². The van der Waals surface area contributed by atoms with E-state index in [0.29, 0.717) is 5.75 Å². The molecule has 16 heavy (non-hydrogen) atoms. The zero-order valence-electron chi connectivity index (χ0n) is 8.49. The number of H-pyrrole nitrogens is 1. The van der Waals surface area contributed by atoms with Crippen LogP contribution in [-0.4, -0.2) is 11.6 Å². The zero-order valence-corrected chi connectivity index (χ0v) is 9.39. The van der Waals surface area contributed by atoms with Crippen LogP contribution in [0.3, 0.4) is 0 Å². The Hall–Kier alpha value is -1.90. The van der Waals surface area contributed by atoms with Gasteiger partial charge < -0.3 is 9.51 Å². The second-order valence-electron chi connectivity index (χ2n) is 3.27. The van der Waals surface area contributed by atoms with Crippen LogP contribution < -0.4 is 4.52 Å². The molecule has 0 aliphatic carbocycles. The summed E-state index contributed by atoms with van der Waals surface area (Å²) in [7, 11) is -3.30. The summed E-state index contributed by atoms with van der Waals surface area (Å²) >= 11 is 0. The first-order valence-corrected chi connectivity index (χ1v) is 6.55. The number of hydrogen-bond acceptors (Lipinski definition) is 2. The molecule has 2 aromatic rings. The van der Waals surface area contributed by atoms with E-state index in [0.717, 1.165) is 10.9 Å². The Morgan fingerprint density at radius 2 is 2.31 bits per heavy atom. The van der Waals surface area contributed by atoms with Crippen molar-refractivity contribution < 1.29 is 9.09 Å². The Morgan fingerprint density at radius 3 is 3.06 bits per heavy atom. The lowest BCUT2D eigenvalue weighted by Gasteiger charge is -2.10. The van der Waals surface area contributed by atoms with Crippen LogP contribution in [0, 0.1) is 0 Å². The number of benzene rings is 1. The van der Waals surface area contributed by atoms with Crippen molar-refractivity contribution in [1.82, 2.24) is 4.98 Å². The van der Waals surface area contributed by atoms with Gasteiger partial charge in [-0.1, -0.05) is 6.07 Å². The molecule has 7 heteroatoms. The molecule has 2 rings (SSSR count). The molecule has 1 aromatic carbocycles. The second-order valence-corrected chi connectivity index (χ2v) is 5.24. The smallest absolute Gasteiger partial charge is 0.332 e. The number of aromatic amines is 1. The molecule has 1 N–H and O–H groups in total. The van der Waals surface area contributed by atoms with Crippen molar-refractivity contribution in [3.63, 3.8) is 0 Å². The van der Waals surface area contributed by atoms with E-state index < -0.39 is 7.52 Å². The molecule has 0 radical (unpaired) electrons. The quantitative estimate of drug-likeness (QED) is 0.381. The van der Waals surface area contributed by atoms with Crippen LogP contribution in [0.25, 0.3) is 21.3 Å². The van der Waals surface area contributed by atoms with Gasteiger partial charge in [-0.25, -0.2) is 0 Å². The maximum atomic E-state index is 11.7. The zero-order chi connectivity index (χ0) is 11.6. The summed E-state index contributed by atoms with van der Waals surface area (Å²) in [4.78, 5) is 8.65. The van der Waals surface area contributed by atoms with Gasteiger partial charge in [0.2, 0.25) is 0 Å². The Balaban J connectivity index is 2.45. The molecule has 1 unspecified atom stereocenters. The third-order valence-corrected chi connectivity index (χ3v) is 2.97. The molecule has 6 nitrogen and oxygen atoms in total. The molecule has 0 saturated heterocycles. The summed E-state index contributed by atoms with van der Waals surface area (Å²) in [5.74, 6) is 0.442. The minimum Gasteiger partial charge on any atom is -0.438 e. The van der Waals surface area contributed by atoms with Gasteiger partial charge in [0.25, 0.3) is 0 Å². The maximum Gasteiger partial charge on any atom is 0.332 e. The third kappa shape index (κ3) is 2.03. The summed E-state index contributed by atoms with van der Waals surface area (Å²) < 4.78 is 16.9. The minimum absolute atomic E-state index is 0.442. The number of fused-ring (bicyclic) bond motifs is 1. The summed E-state index contributed by atoms with van der Waals surface area (Å²) in [5.41, 5.74) is 9.13. The van der Waals surface area contributed by atoms with Crippen LogP contribution in [0.15, 0.2) is 35.3 Å². The molecule has 1 heterocycles. The Kier molecular flexibility index (Phi) is 2.60. The van der Waals surface area contributed by atoms with Gasteiger partial charge >= 0.3 is 7.52 Å². The average molecular weight is 236 g/mol. The fraction of sp³-hybridized carbons (Fsp3) is 0.111. The summed E-state index contributed by atoms with van der Waals surface area (Å²) in [6, 6.07) is 7.13. The molecule has 82 valence electrons. The molecule has 0 fully saturated rings. The monoisotopic (exact) mass is 236 g/mol. The number of nitrogens with zero attached hydrogens (tertiary/aromatic N) is 3. The van der Waals surface area contributed by atoms with Crippen molar-refractivity contribution in [3.8, 4) is 5.75 Å². The molecule has 0 spiro atoms. The lowest BCUT2D eigenvalue weighted by molar-refractivity contribution is 0.491. The molecular formula is C9H9N4O2P. The molecule has 1 atom stereocenters. The standard InChI is InChI=1S/C9H9N4O2P/c1-16(14,13-12-10)15-9-4-2-3-8-7(9)5-6-11-8/h2-6,11H,1H3. The minimum atomic E-state index is -3.30. The van der Waals surface area contributed by atoms with Gasteiger partial charge in [0.05, 0.1) is 0 Å². The highest BCUT2D eigenvalue weighted by Gasteiger charge is 2.16. The topological polar surface area (TPSA) is 90.8 Å². The normalized spacial score (nSPS) is 14.1. The number of nitrogens with one attached hydrogen (secondary N) is 1. The summed E-state index contributed by atoms with van der Waals surface area (Å²) in [5, 5.41) is 0.803. The predicted molar refractivity (Wildman–Crippen MR) is 61.6 cm³/mol. The fourth-order valence-corrected chi connectivity index (χ4v) is 2.12. The molecule has 0 saturated carbocycles. The van der Waals surface area contributed by atoms with Crippen molar-refractivity contribution in [2.45, 2.75) is 0 Å². The van der Waals surface area contributed by atoms with Gasteiger partial charge in [0, 0.05) is 33.6 Å². The van der Waals surface area contributed by atoms with E-state index in [4.69, 9.17) is 10.1 Å². The van der Waals surface area contributed by atoms with Crippen LogP contribution in [0.5, 0.6) is 5.75 Å². The SMILES string of the molecule is CP(=O)(N=[N+]=[N-])Oc1cccc2[nH]ccc12. The highest BCUT2D eigenvalue weighted by molar-refractivity contribution is 7.57. The lowest BCUT2D eigenvalue weighted by Crippen LogP contribution is -1.87. The van der Waals surface area contributed by atoms with Gasteiger partial charge in [0.1, 0.15) is 5.75 Å². The molecule has 0 bridgehead atoms. The first kappa shape index (κ1) is 10.6. The van der Waals surface area contributed by atoms with Crippen molar-refractivity contribution in [1.29, 1.82) is 0 Å². The number of azide groups is 1. The Labute approximate surface area is 91.4 Å². The first-order valence-electron chi connectivity index (χ1n) is 4.52. The van der Waals surface area contributed by atoms with Crippen LogP contribution >= 0.6 is 7.52 Å². The Morgan fingerprint density at radius 1 is 1.50 bits per heavy atom. The van der Waals surface area contributed by atoms with Crippen LogP contribution in [0.2, 0.25) is 0 Å². The molecule has 0 aliphatic heterocycles. The predicted octanol–water partition coefficient (Wildman–Crippen LogP) is 3.68. The number of hydrogen-bond donors (Lipinski definition) is 1. The van der Waals surface area contributed by atoms with Gasteiger partial charge in [0.15, 0.2) is 0 Å². The van der Waals surface area contributed by atoms with E-state index in [1.165, 1.54) is 6.66 Å².